The van der Waals surface area contributed by atoms with Crippen molar-refractivity contribution in [1.82, 2.24) is 14.8 Å². The minimum atomic E-state index is 0.105. The number of fused-ring (bicyclic) bond motifs is 1. The summed E-state index contributed by atoms with van der Waals surface area (Å²) >= 11 is 3.46. The maximum absolute atomic E-state index is 12.5. The van der Waals surface area contributed by atoms with Crippen molar-refractivity contribution in [2.75, 3.05) is 32.7 Å². The van der Waals surface area contributed by atoms with Gasteiger partial charge in [0.1, 0.15) is 5.69 Å². The highest BCUT2D eigenvalue weighted by atomic mass is 79.9. The van der Waals surface area contributed by atoms with Crippen LogP contribution in [-0.4, -0.2) is 53.4 Å². The summed E-state index contributed by atoms with van der Waals surface area (Å²) in [6, 6.07) is 7.94. The Balaban J connectivity index is 1.79. The Kier molecular flexibility index (Phi) is 3.81. The Hall–Kier alpha value is -1.33. The summed E-state index contributed by atoms with van der Waals surface area (Å²) in [5.74, 6) is 0.105. The smallest absolute Gasteiger partial charge is 0.270 e. The van der Waals surface area contributed by atoms with Crippen LogP contribution in [0.2, 0.25) is 0 Å². The summed E-state index contributed by atoms with van der Waals surface area (Å²) in [5, 5.41) is 1.06. The molecule has 0 spiro atoms. The van der Waals surface area contributed by atoms with E-state index in [4.69, 9.17) is 0 Å². The molecule has 2 heterocycles. The number of piperazine rings is 1. The molecule has 1 saturated heterocycles. The lowest BCUT2D eigenvalue weighted by molar-refractivity contribution is 0.0638. The minimum Gasteiger partial charge on any atom is -0.351 e. The van der Waals surface area contributed by atoms with Crippen LogP contribution in [0.4, 0.5) is 0 Å². The van der Waals surface area contributed by atoms with Gasteiger partial charge < -0.3 is 14.8 Å². The lowest BCUT2D eigenvalue weighted by atomic mass is 10.2. The zero-order chi connectivity index (χ0) is 14.1. The Morgan fingerprint density at radius 3 is 2.70 bits per heavy atom. The molecule has 3 rings (SSSR count). The highest BCUT2D eigenvalue weighted by Gasteiger charge is 2.22. The number of H-pyrrole nitrogens is 1. The average molecular weight is 336 g/mol. The Labute approximate surface area is 126 Å². The van der Waals surface area contributed by atoms with Crippen LogP contribution in [-0.2, 0) is 0 Å². The molecule has 106 valence electrons. The Morgan fingerprint density at radius 2 is 2.00 bits per heavy atom. The van der Waals surface area contributed by atoms with E-state index in [1.807, 2.05) is 29.2 Å². The van der Waals surface area contributed by atoms with Gasteiger partial charge in [-0.1, -0.05) is 22.9 Å². The van der Waals surface area contributed by atoms with Crippen molar-refractivity contribution in [3.63, 3.8) is 0 Å². The molecule has 1 amide bonds. The van der Waals surface area contributed by atoms with E-state index in [1.165, 1.54) is 0 Å². The van der Waals surface area contributed by atoms with Gasteiger partial charge in [0.15, 0.2) is 0 Å². The number of amides is 1. The number of benzene rings is 1. The van der Waals surface area contributed by atoms with Crippen LogP contribution in [0.3, 0.4) is 0 Å². The molecule has 1 aromatic heterocycles. The molecule has 1 N–H and O–H groups in total. The van der Waals surface area contributed by atoms with Gasteiger partial charge in [-0.3, -0.25) is 4.79 Å². The van der Waals surface area contributed by atoms with E-state index in [0.717, 1.165) is 48.1 Å². The summed E-state index contributed by atoms with van der Waals surface area (Å²) in [6.07, 6.45) is 0. The predicted molar refractivity (Wildman–Crippen MR) is 84.0 cm³/mol. The molecule has 0 unspecified atom stereocenters. The number of hydrogen-bond acceptors (Lipinski definition) is 2. The summed E-state index contributed by atoms with van der Waals surface area (Å²) < 4.78 is 1.03. The fourth-order valence-corrected chi connectivity index (χ4v) is 3.04. The number of nitrogens with zero attached hydrogens (tertiary/aromatic N) is 2. The average Bonchev–Trinajstić information content (AvgIpc) is 2.89. The zero-order valence-electron chi connectivity index (χ0n) is 11.5. The molecule has 5 heteroatoms. The van der Waals surface area contributed by atoms with Gasteiger partial charge >= 0.3 is 0 Å². The molecule has 0 bridgehead atoms. The number of rotatable bonds is 2. The van der Waals surface area contributed by atoms with Crippen LogP contribution in [0.25, 0.3) is 10.9 Å². The van der Waals surface area contributed by atoms with Crippen molar-refractivity contribution >= 4 is 32.7 Å². The first-order chi connectivity index (χ1) is 9.67. The molecule has 1 fully saturated rings. The zero-order valence-corrected chi connectivity index (χ0v) is 13.1. The minimum absolute atomic E-state index is 0.105. The van der Waals surface area contributed by atoms with Gasteiger partial charge in [0.2, 0.25) is 0 Å². The molecule has 1 aliphatic rings. The number of hydrogen-bond donors (Lipinski definition) is 1. The Morgan fingerprint density at radius 1 is 1.25 bits per heavy atom. The van der Waals surface area contributed by atoms with E-state index < -0.39 is 0 Å². The van der Waals surface area contributed by atoms with Crippen molar-refractivity contribution in [3.8, 4) is 0 Å². The first kappa shape index (κ1) is 13.6. The third-order valence-electron chi connectivity index (χ3n) is 3.92. The van der Waals surface area contributed by atoms with Gasteiger partial charge in [-0.25, -0.2) is 0 Å². The molecule has 2 aromatic rings. The van der Waals surface area contributed by atoms with Crippen molar-refractivity contribution < 1.29 is 4.79 Å². The molecule has 20 heavy (non-hydrogen) atoms. The maximum Gasteiger partial charge on any atom is 0.270 e. The molecule has 0 aliphatic carbocycles. The first-order valence-corrected chi connectivity index (χ1v) is 7.76. The van der Waals surface area contributed by atoms with Crippen LogP contribution in [0.1, 0.15) is 17.4 Å². The second kappa shape index (κ2) is 5.58. The highest BCUT2D eigenvalue weighted by molar-refractivity contribution is 9.10. The highest BCUT2D eigenvalue weighted by Crippen LogP contribution is 2.21. The fraction of sp³-hybridized carbons (Fsp3) is 0.400. The summed E-state index contributed by atoms with van der Waals surface area (Å²) in [5.41, 5.74) is 1.69. The van der Waals surface area contributed by atoms with E-state index in [9.17, 15) is 4.79 Å². The van der Waals surface area contributed by atoms with Crippen LogP contribution in [0.15, 0.2) is 28.7 Å². The van der Waals surface area contributed by atoms with E-state index in [1.54, 1.807) is 0 Å². The third-order valence-corrected chi connectivity index (χ3v) is 4.41. The van der Waals surface area contributed by atoms with Gasteiger partial charge in [-0.15, -0.1) is 0 Å². The lowest BCUT2D eigenvalue weighted by Crippen LogP contribution is -2.48. The molecule has 0 atom stereocenters. The molecular weight excluding hydrogens is 318 g/mol. The molecule has 1 aromatic carbocycles. The molecule has 0 saturated carbocycles. The lowest BCUT2D eigenvalue weighted by Gasteiger charge is -2.33. The van der Waals surface area contributed by atoms with Crippen LogP contribution in [0, 0.1) is 0 Å². The van der Waals surface area contributed by atoms with Crippen molar-refractivity contribution in [2.24, 2.45) is 0 Å². The second-order valence-corrected chi connectivity index (χ2v) is 6.06. The number of halogens is 1. The number of nitrogens with one attached hydrogen (secondary N) is 1. The maximum atomic E-state index is 12.5. The topological polar surface area (TPSA) is 39.3 Å². The van der Waals surface area contributed by atoms with Crippen molar-refractivity contribution in [1.29, 1.82) is 0 Å². The monoisotopic (exact) mass is 335 g/mol. The van der Waals surface area contributed by atoms with E-state index in [2.05, 4.69) is 32.7 Å². The standard InChI is InChI=1S/C15H18BrN3O/c1-2-18-5-7-19(8-6-18)15(20)14-10-11-9-12(16)3-4-13(11)17-14/h3-4,9-10,17H,2,5-8H2,1H3. The van der Waals surface area contributed by atoms with Crippen LogP contribution >= 0.6 is 15.9 Å². The molecule has 4 nitrogen and oxygen atoms in total. The van der Waals surface area contributed by atoms with Crippen LogP contribution < -0.4 is 0 Å². The fourth-order valence-electron chi connectivity index (χ4n) is 2.66. The van der Waals surface area contributed by atoms with Crippen molar-refractivity contribution in [2.45, 2.75) is 6.92 Å². The van der Waals surface area contributed by atoms with E-state index in [0.29, 0.717) is 5.69 Å². The largest absolute Gasteiger partial charge is 0.351 e. The SMILES string of the molecule is CCN1CCN(C(=O)c2cc3cc(Br)ccc3[nH]2)CC1. The quantitative estimate of drug-likeness (QED) is 0.916. The summed E-state index contributed by atoms with van der Waals surface area (Å²) in [7, 11) is 0. The van der Waals surface area contributed by atoms with Gasteiger partial charge in [-0.2, -0.15) is 0 Å². The molecule has 0 radical (unpaired) electrons. The molecular formula is C15H18BrN3O. The van der Waals surface area contributed by atoms with E-state index >= 15 is 0 Å². The first-order valence-electron chi connectivity index (χ1n) is 6.97. The van der Waals surface area contributed by atoms with Crippen LogP contribution in [0.5, 0.6) is 0 Å². The number of carbonyl (C=O) groups is 1. The third kappa shape index (κ3) is 2.60. The van der Waals surface area contributed by atoms with Gasteiger partial charge in [0.05, 0.1) is 0 Å². The van der Waals surface area contributed by atoms with Gasteiger partial charge in [-0.05, 0) is 30.8 Å². The predicted octanol–water partition coefficient (Wildman–Crippen LogP) is 2.71. The van der Waals surface area contributed by atoms with Gasteiger partial charge in [0.25, 0.3) is 5.91 Å². The van der Waals surface area contributed by atoms with E-state index in [-0.39, 0.29) is 5.91 Å². The number of likely N-dealkylation sites (N-methyl/N-ethyl adjacent to an activating group) is 1. The second-order valence-electron chi connectivity index (χ2n) is 5.14. The molecule has 1 aliphatic heterocycles. The summed E-state index contributed by atoms with van der Waals surface area (Å²) in [4.78, 5) is 20.0. The summed E-state index contributed by atoms with van der Waals surface area (Å²) in [6.45, 7) is 6.77. The number of aromatic amines is 1. The van der Waals surface area contributed by atoms with Gasteiger partial charge in [0, 0.05) is 41.6 Å². The number of aromatic nitrogens is 1. The normalized spacial score (nSPS) is 16.8. The Bertz CT molecular complexity index is 629. The number of carbonyl (C=O) groups excluding carboxylic acids is 1. The van der Waals surface area contributed by atoms with Crippen molar-refractivity contribution in [3.05, 3.63) is 34.4 Å².